The lowest BCUT2D eigenvalue weighted by Crippen LogP contribution is -2.09. The smallest absolute Gasteiger partial charge is 0.224 e. The first-order valence-corrected chi connectivity index (χ1v) is 6.66. The lowest BCUT2D eigenvalue weighted by Gasteiger charge is -2.14. The average molecular weight is 331 g/mol. The average Bonchev–Trinajstić information content (AvgIpc) is 2.63. The Kier molecular flexibility index (Phi) is 3.92. The number of nitrogens with zero attached hydrogens (tertiary/aromatic N) is 2. The number of hydrogen-bond acceptors (Lipinski definition) is 4. The van der Waals surface area contributed by atoms with Crippen LogP contribution in [0.2, 0.25) is 5.28 Å². The Labute approximate surface area is 119 Å². The summed E-state index contributed by atoms with van der Waals surface area (Å²) in [6.45, 7) is 5.92. The van der Waals surface area contributed by atoms with Gasteiger partial charge in [-0.2, -0.15) is 4.98 Å². The zero-order chi connectivity index (χ0) is 13.3. The van der Waals surface area contributed by atoms with E-state index in [-0.39, 0.29) is 11.3 Å². The van der Waals surface area contributed by atoms with Gasteiger partial charge in [-0.1, -0.05) is 0 Å². The maximum Gasteiger partial charge on any atom is 0.224 e. The molecule has 0 radical (unpaired) electrons. The molecule has 0 saturated heterocycles. The summed E-state index contributed by atoms with van der Waals surface area (Å²) < 4.78 is 6.29. The zero-order valence-corrected chi connectivity index (χ0v) is 12.6. The highest BCUT2D eigenvalue weighted by Crippen LogP contribution is 2.27. The molecule has 2 aromatic rings. The van der Waals surface area contributed by atoms with E-state index in [4.69, 9.17) is 16.0 Å². The van der Waals surface area contributed by atoms with Crippen molar-refractivity contribution in [3.63, 3.8) is 0 Å². The van der Waals surface area contributed by atoms with E-state index in [1.165, 1.54) is 0 Å². The van der Waals surface area contributed by atoms with Gasteiger partial charge >= 0.3 is 0 Å². The number of aromatic nitrogens is 2. The van der Waals surface area contributed by atoms with Crippen molar-refractivity contribution in [2.24, 2.45) is 0 Å². The summed E-state index contributed by atoms with van der Waals surface area (Å²) in [6.07, 6.45) is 1.62. The van der Waals surface area contributed by atoms with Gasteiger partial charge in [0.2, 0.25) is 5.28 Å². The van der Waals surface area contributed by atoms with Gasteiger partial charge in [0.05, 0.1) is 10.5 Å². The minimum Gasteiger partial charge on any atom is -0.466 e. The molecule has 0 aromatic carbocycles. The third kappa shape index (κ3) is 2.84. The molecule has 96 valence electrons. The Hall–Kier alpha value is -1.07. The van der Waals surface area contributed by atoms with Crippen molar-refractivity contribution in [1.82, 2.24) is 9.97 Å². The molecule has 0 bridgehead atoms. The zero-order valence-electron chi connectivity index (χ0n) is 10.3. The predicted octanol–water partition coefficient (Wildman–Crippen LogP) is 4.28. The molecule has 0 saturated carbocycles. The van der Waals surface area contributed by atoms with Gasteiger partial charge in [0.1, 0.15) is 17.3 Å². The maximum atomic E-state index is 5.78. The van der Waals surface area contributed by atoms with E-state index < -0.39 is 0 Å². The summed E-state index contributed by atoms with van der Waals surface area (Å²) >= 11 is 9.17. The molecule has 6 heteroatoms. The SMILES string of the molecule is Cc1cc(C(C)Nc2nc(Cl)ncc2Br)c(C)o1. The van der Waals surface area contributed by atoms with Gasteiger partial charge in [-0.15, -0.1) is 0 Å². The minimum absolute atomic E-state index is 0.0738. The van der Waals surface area contributed by atoms with E-state index in [9.17, 15) is 0 Å². The molecular weight excluding hydrogens is 318 g/mol. The van der Waals surface area contributed by atoms with Gasteiger partial charge in [0, 0.05) is 11.8 Å². The fraction of sp³-hybridized carbons (Fsp3) is 0.333. The number of anilines is 1. The van der Waals surface area contributed by atoms with Crippen LogP contribution < -0.4 is 5.32 Å². The second-order valence-electron chi connectivity index (χ2n) is 4.07. The third-order valence-corrected chi connectivity index (χ3v) is 3.38. The molecular formula is C12H13BrClN3O. The van der Waals surface area contributed by atoms with E-state index >= 15 is 0 Å². The van der Waals surface area contributed by atoms with Crippen LogP contribution >= 0.6 is 27.5 Å². The Morgan fingerprint density at radius 1 is 1.44 bits per heavy atom. The first-order chi connectivity index (χ1) is 8.47. The highest BCUT2D eigenvalue weighted by atomic mass is 79.9. The van der Waals surface area contributed by atoms with Crippen LogP contribution in [0.4, 0.5) is 5.82 Å². The molecule has 0 spiro atoms. The number of nitrogens with one attached hydrogen (secondary N) is 1. The summed E-state index contributed by atoms with van der Waals surface area (Å²) in [7, 11) is 0. The van der Waals surface area contributed by atoms with Crippen molar-refractivity contribution < 1.29 is 4.42 Å². The molecule has 0 aliphatic carbocycles. The molecule has 18 heavy (non-hydrogen) atoms. The highest BCUT2D eigenvalue weighted by Gasteiger charge is 2.14. The van der Waals surface area contributed by atoms with E-state index in [0.717, 1.165) is 21.6 Å². The molecule has 0 amide bonds. The highest BCUT2D eigenvalue weighted by molar-refractivity contribution is 9.10. The van der Waals surface area contributed by atoms with Crippen LogP contribution in [0.15, 0.2) is 21.2 Å². The first-order valence-electron chi connectivity index (χ1n) is 5.49. The number of aryl methyl sites for hydroxylation is 2. The number of furan rings is 1. The molecule has 2 aromatic heterocycles. The molecule has 1 atom stereocenters. The van der Waals surface area contributed by atoms with Crippen molar-refractivity contribution in [2.75, 3.05) is 5.32 Å². The minimum atomic E-state index is 0.0738. The Morgan fingerprint density at radius 2 is 2.17 bits per heavy atom. The quantitative estimate of drug-likeness (QED) is 0.854. The first kappa shape index (κ1) is 13.4. The monoisotopic (exact) mass is 329 g/mol. The summed E-state index contributed by atoms with van der Waals surface area (Å²) in [5.74, 6) is 2.47. The molecule has 1 N–H and O–H groups in total. The Morgan fingerprint density at radius 3 is 2.78 bits per heavy atom. The van der Waals surface area contributed by atoms with E-state index in [1.54, 1.807) is 6.20 Å². The van der Waals surface area contributed by atoms with Crippen LogP contribution in [-0.4, -0.2) is 9.97 Å². The van der Waals surface area contributed by atoms with Gasteiger partial charge in [-0.05, 0) is 54.4 Å². The molecule has 2 rings (SSSR count). The van der Waals surface area contributed by atoms with E-state index in [0.29, 0.717) is 5.82 Å². The van der Waals surface area contributed by atoms with Crippen molar-refractivity contribution in [1.29, 1.82) is 0 Å². The van der Waals surface area contributed by atoms with Crippen LogP contribution in [0.1, 0.15) is 30.0 Å². The maximum absolute atomic E-state index is 5.78. The summed E-state index contributed by atoms with van der Waals surface area (Å²) in [5, 5.41) is 3.49. The summed E-state index contributed by atoms with van der Waals surface area (Å²) in [5.41, 5.74) is 1.11. The Balaban J connectivity index is 2.23. The lowest BCUT2D eigenvalue weighted by atomic mass is 10.1. The molecule has 0 fully saturated rings. The fourth-order valence-electron chi connectivity index (χ4n) is 1.81. The van der Waals surface area contributed by atoms with Crippen molar-refractivity contribution in [3.05, 3.63) is 39.1 Å². The third-order valence-electron chi connectivity index (χ3n) is 2.61. The molecule has 1 unspecified atom stereocenters. The van der Waals surface area contributed by atoms with Gasteiger partial charge in [0.25, 0.3) is 0 Å². The van der Waals surface area contributed by atoms with E-state index in [1.807, 2.05) is 26.8 Å². The second kappa shape index (κ2) is 5.28. The van der Waals surface area contributed by atoms with Crippen molar-refractivity contribution in [2.45, 2.75) is 26.8 Å². The molecule has 0 aliphatic rings. The van der Waals surface area contributed by atoms with Crippen molar-refractivity contribution >= 4 is 33.3 Å². The van der Waals surface area contributed by atoms with Crippen LogP contribution in [-0.2, 0) is 0 Å². The largest absolute Gasteiger partial charge is 0.466 e. The summed E-state index contributed by atoms with van der Waals surface area (Å²) in [6, 6.07) is 2.09. The van der Waals surface area contributed by atoms with Crippen LogP contribution in [0.3, 0.4) is 0 Å². The Bertz CT molecular complexity index is 570. The normalized spacial score (nSPS) is 12.5. The van der Waals surface area contributed by atoms with Gasteiger partial charge in [-0.25, -0.2) is 4.98 Å². The van der Waals surface area contributed by atoms with Crippen LogP contribution in [0, 0.1) is 13.8 Å². The van der Waals surface area contributed by atoms with Gasteiger partial charge in [-0.3, -0.25) is 0 Å². The standard InChI is InChI=1S/C12H13BrClN3O/c1-6-4-9(8(3)18-6)7(2)16-11-10(13)5-15-12(14)17-11/h4-5,7H,1-3H3,(H,15,16,17). The molecule has 2 heterocycles. The topological polar surface area (TPSA) is 51.0 Å². The van der Waals surface area contributed by atoms with Gasteiger partial charge in [0.15, 0.2) is 0 Å². The lowest BCUT2D eigenvalue weighted by molar-refractivity contribution is 0.499. The van der Waals surface area contributed by atoms with Crippen molar-refractivity contribution in [3.8, 4) is 0 Å². The summed E-state index contributed by atoms with van der Waals surface area (Å²) in [4.78, 5) is 8.03. The second-order valence-corrected chi connectivity index (χ2v) is 5.26. The van der Waals surface area contributed by atoms with Crippen LogP contribution in [0.25, 0.3) is 0 Å². The fourth-order valence-corrected chi connectivity index (χ4v) is 2.25. The molecule has 0 aliphatic heterocycles. The molecule has 4 nitrogen and oxygen atoms in total. The predicted molar refractivity (Wildman–Crippen MR) is 75.0 cm³/mol. The number of hydrogen-bond donors (Lipinski definition) is 1. The number of rotatable bonds is 3. The van der Waals surface area contributed by atoms with E-state index in [2.05, 4.69) is 31.2 Å². The van der Waals surface area contributed by atoms with Crippen LogP contribution in [0.5, 0.6) is 0 Å². The van der Waals surface area contributed by atoms with Gasteiger partial charge < -0.3 is 9.73 Å². The number of halogens is 2.